The van der Waals surface area contributed by atoms with Crippen LogP contribution in [0.5, 0.6) is 0 Å². The number of nitrogens with two attached hydrogens (primary N) is 1. The highest BCUT2D eigenvalue weighted by Gasteiger charge is 2.09. The van der Waals surface area contributed by atoms with Crippen LogP contribution in [-0.4, -0.2) is 24.3 Å². The second-order valence-corrected chi connectivity index (χ2v) is 4.23. The van der Waals surface area contributed by atoms with Crippen LogP contribution in [0.4, 0.5) is 5.82 Å². The summed E-state index contributed by atoms with van der Waals surface area (Å²) in [6.07, 6.45) is 4.64. The van der Waals surface area contributed by atoms with E-state index in [1.807, 2.05) is 6.07 Å². The SMILES string of the molecule is Cn1ncc2c(=O)n(Cc3cccnc3N)cnc21. The van der Waals surface area contributed by atoms with Gasteiger partial charge in [-0.05, 0) is 6.07 Å². The van der Waals surface area contributed by atoms with Gasteiger partial charge in [0.15, 0.2) is 5.65 Å². The summed E-state index contributed by atoms with van der Waals surface area (Å²) in [7, 11) is 1.75. The standard InChI is InChI=1S/C12H12N6O/c1-17-11-9(5-16-17)12(19)18(7-15-11)6-8-3-2-4-14-10(8)13/h2-5,7H,6H2,1H3,(H2,13,14). The molecule has 0 aliphatic heterocycles. The van der Waals surface area contributed by atoms with Crippen molar-refractivity contribution in [3.05, 3.63) is 46.8 Å². The zero-order chi connectivity index (χ0) is 13.4. The minimum Gasteiger partial charge on any atom is -0.383 e. The Morgan fingerprint density at radius 3 is 3.00 bits per heavy atom. The fourth-order valence-electron chi connectivity index (χ4n) is 1.95. The van der Waals surface area contributed by atoms with Gasteiger partial charge in [-0.3, -0.25) is 14.0 Å². The number of hydrogen-bond acceptors (Lipinski definition) is 5. The lowest BCUT2D eigenvalue weighted by atomic mass is 10.2. The molecule has 3 heterocycles. The van der Waals surface area contributed by atoms with Crippen LogP contribution in [0.25, 0.3) is 11.0 Å². The van der Waals surface area contributed by atoms with Gasteiger partial charge in [-0.25, -0.2) is 9.97 Å². The molecule has 7 heteroatoms. The third-order valence-corrected chi connectivity index (χ3v) is 2.98. The highest BCUT2D eigenvalue weighted by Crippen LogP contribution is 2.09. The van der Waals surface area contributed by atoms with E-state index in [1.165, 1.54) is 17.1 Å². The Bertz CT molecular complexity index is 803. The zero-order valence-electron chi connectivity index (χ0n) is 10.3. The van der Waals surface area contributed by atoms with Crippen molar-refractivity contribution in [1.29, 1.82) is 0 Å². The van der Waals surface area contributed by atoms with Crippen LogP contribution in [-0.2, 0) is 13.6 Å². The molecule has 3 aromatic rings. The van der Waals surface area contributed by atoms with Crippen molar-refractivity contribution in [1.82, 2.24) is 24.3 Å². The van der Waals surface area contributed by atoms with Crippen LogP contribution < -0.4 is 11.3 Å². The van der Waals surface area contributed by atoms with Gasteiger partial charge in [-0.15, -0.1) is 0 Å². The molecule has 0 spiro atoms. The molecule has 0 aromatic carbocycles. The van der Waals surface area contributed by atoms with Crippen LogP contribution in [0.3, 0.4) is 0 Å². The second-order valence-electron chi connectivity index (χ2n) is 4.23. The van der Waals surface area contributed by atoms with Crippen LogP contribution in [0.15, 0.2) is 35.6 Å². The summed E-state index contributed by atoms with van der Waals surface area (Å²) >= 11 is 0. The number of anilines is 1. The van der Waals surface area contributed by atoms with E-state index >= 15 is 0 Å². The van der Waals surface area contributed by atoms with E-state index < -0.39 is 0 Å². The maximum Gasteiger partial charge on any atom is 0.264 e. The van der Waals surface area contributed by atoms with Crippen molar-refractivity contribution in [2.75, 3.05) is 5.73 Å². The molecule has 0 unspecified atom stereocenters. The smallest absolute Gasteiger partial charge is 0.264 e. The normalized spacial score (nSPS) is 11.0. The Balaban J connectivity index is 2.09. The largest absolute Gasteiger partial charge is 0.383 e. The van der Waals surface area contributed by atoms with Crippen molar-refractivity contribution in [2.24, 2.45) is 7.05 Å². The Hall–Kier alpha value is -2.70. The molecular weight excluding hydrogens is 244 g/mol. The number of pyridine rings is 1. The topological polar surface area (TPSA) is 91.6 Å². The molecule has 0 bridgehead atoms. The first-order valence-corrected chi connectivity index (χ1v) is 5.73. The lowest BCUT2D eigenvalue weighted by molar-refractivity contribution is 0.737. The molecule has 3 aromatic heterocycles. The fraction of sp³-hybridized carbons (Fsp3) is 0.167. The average molecular weight is 256 g/mol. The van der Waals surface area contributed by atoms with E-state index in [0.717, 1.165) is 5.56 Å². The van der Waals surface area contributed by atoms with Gasteiger partial charge in [0.2, 0.25) is 0 Å². The first-order chi connectivity index (χ1) is 9.16. The summed E-state index contributed by atoms with van der Waals surface area (Å²) in [5.41, 5.74) is 6.99. The minimum absolute atomic E-state index is 0.138. The molecule has 0 fully saturated rings. The van der Waals surface area contributed by atoms with Gasteiger partial charge in [0.25, 0.3) is 5.56 Å². The highest BCUT2D eigenvalue weighted by atomic mass is 16.1. The van der Waals surface area contributed by atoms with Crippen LogP contribution >= 0.6 is 0 Å². The average Bonchev–Trinajstić information content (AvgIpc) is 2.78. The van der Waals surface area contributed by atoms with E-state index in [1.54, 1.807) is 24.0 Å². The number of aromatic nitrogens is 5. The quantitative estimate of drug-likeness (QED) is 0.705. The van der Waals surface area contributed by atoms with E-state index in [0.29, 0.717) is 23.4 Å². The van der Waals surface area contributed by atoms with E-state index in [9.17, 15) is 4.79 Å². The third-order valence-electron chi connectivity index (χ3n) is 2.98. The molecule has 0 atom stereocenters. The zero-order valence-corrected chi connectivity index (χ0v) is 10.3. The summed E-state index contributed by atoms with van der Waals surface area (Å²) < 4.78 is 3.07. The Morgan fingerprint density at radius 1 is 1.37 bits per heavy atom. The summed E-state index contributed by atoms with van der Waals surface area (Å²) in [6.45, 7) is 0.344. The van der Waals surface area contributed by atoms with Crippen LogP contribution in [0, 0.1) is 0 Å². The summed E-state index contributed by atoms with van der Waals surface area (Å²) in [5, 5.41) is 4.52. The number of fused-ring (bicyclic) bond motifs is 1. The number of rotatable bonds is 2. The van der Waals surface area contributed by atoms with Crippen molar-refractivity contribution in [3.8, 4) is 0 Å². The molecule has 0 radical (unpaired) electrons. The maximum absolute atomic E-state index is 12.3. The van der Waals surface area contributed by atoms with E-state index in [4.69, 9.17) is 5.73 Å². The van der Waals surface area contributed by atoms with E-state index in [2.05, 4.69) is 15.1 Å². The van der Waals surface area contributed by atoms with Crippen LogP contribution in [0.1, 0.15) is 5.56 Å². The molecule has 3 rings (SSSR count). The lowest BCUT2D eigenvalue weighted by Crippen LogP contribution is -2.21. The summed E-state index contributed by atoms with van der Waals surface area (Å²) in [5.74, 6) is 0.417. The van der Waals surface area contributed by atoms with E-state index in [-0.39, 0.29) is 5.56 Å². The number of aryl methyl sites for hydroxylation is 1. The van der Waals surface area contributed by atoms with Gasteiger partial charge in [0, 0.05) is 18.8 Å². The van der Waals surface area contributed by atoms with Gasteiger partial charge in [-0.1, -0.05) is 6.07 Å². The second kappa shape index (κ2) is 4.20. The lowest BCUT2D eigenvalue weighted by Gasteiger charge is -2.07. The monoisotopic (exact) mass is 256 g/mol. The molecule has 19 heavy (non-hydrogen) atoms. The molecule has 0 aliphatic carbocycles. The predicted molar refractivity (Wildman–Crippen MR) is 70.5 cm³/mol. The van der Waals surface area contributed by atoms with Crippen molar-refractivity contribution in [2.45, 2.75) is 6.54 Å². The molecule has 0 saturated carbocycles. The Morgan fingerprint density at radius 2 is 2.21 bits per heavy atom. The van der Waals surface area contributed by atoms with Crippen molar-refractivity contribution >= 4 is 16.9 Å². The molecule has 0 aliphatic rings. The fourth-order valence-corrected chi connectivity index (χ4v) is 1.95. The summed E-state index contributed by atoms with van der Waals surface area (Å²) in [4.78, 5) is 20.5. The molecule has 96 valence electrons. The third kappa shape index (κ3) is 1.85. The van der Waals surface area contributed by atoms with Gasteiger partial charge in [0.1, 0.15) is 17.5 Å². The highest BCUT2D eigenvalue weighted by molar-refractivity contribution is 5.72. The van der Waals surface area contributed by atoms with Gasteiger partial charge < -0.3 is 5.73 Å². The first-order valence-electron chi connectivity index (χ1n) is 5.73. The summed E-state index contributed by atoms with van der Waals surface area (Å²) in [6, 6.07) is 3.62. The predicted octanol–water partition coefficient (Wildman–Crippen LogP) is 0.155. The Labute approximate surface area is 108 Å². The number of hydrogen-bond donors (Lipinski definition) is 1. The minimum atomic E-state index is -0.138. The Kier molecular flexibility index (Phi) is 2.52. The van der Waals surface area contributed by atoms with Gasteiger partial charge in [-0.2, -0.15) is 5.10 Å². The van der Waals surface area contributed by atoms with Crippen molar-refractivity contribution in [3.63, 3.8) is 0 Å². The molecule has 0 saturated heterocycles. The molecule has 7 nitrogen and oxygen atoms in total. The van der Waals surface area contributed by atoms with Crippen molar-refractivity contribution < 1.29 is 0 Å². The maximum atomic E-state index is 12.3. The number of nitrogens with zero attached hydrogens (tertiary/aromatic N) is 5. The van der Waals surface area contributed by atoms with Crippen LogP contribution in [0.2, 0.25) is 0 Å². The molecule has 0 amide bonds. The molecular formula is C12H12N6O. The first kappa shape index (κ1) is 11.4. The number of nitrogen functional groups attached to an aromatic ring is 1. The van der Waals surface area contributed by atoms with Gasteiger partial charge >= 0.3 is 0 Å². The molecule has 2 N–H and O–H groups in total. The van der Waals surface area contributed by atoms with Gasteiger partial charge in [0.05, 0.1) is 12.7 Å².